The highest BCUT2D eigenvalue weighted by atomic mass is 32.2. The number of ether oxygens (including phenoxy) is 1. The van der Waals surface area contributed by atoms with Crippen molar-refractivity contribution in [3.05, 3.63) is 77.7 Å². The Balaban J connectivity index is 0.991. The smallest absolute Gasteiger partial charge is 0.355 e. The average Bonchev–Trinajstić information content (AvgIpc) is 3.76. The van der Waals surface area contributed by atoms with Crippen LogP contribution in [0.5, 0.6) is 0 Å². The van der Waals surface area contributed by atoms with E-state index >= 15 is 0 Å². The van der Waals surface area contributed by atoms with Crippen LogP contribution in [0.4, 0.5) is 15.6 Å². The second-order valence-electron chi connectivity index (χ2n) is 16.8. The number of pyridine rings is 1. The molecule has 0 spiro atoms. The first-order chi connectivity index (χ1) is 28.3. The lowest BCUT2D eigenvalue weighted by molar-refractivity contribution is -0.137. The summed E-state index contributed by atoms with van der Waals surface area (Å²) in [5.74, 6) is -1.10. The molecular weight excluding hydrogens is 787 g/mol. The van der Waals surface area contributed by atoms with E-state index in [0.29, 0.717) is 61.0 Å². The van der Waals surface area contributed by atoms with Gasteiger partial charge in [-0.3, -0.25) is 19.7 Å². The van der Waals surface area contributed by atoms with E-state index in [1.165, 1.54) is 11.3 Å². The van der Waals surface area contributed by atoms with Crippen LogP contribution in [0, 0.1) is 18.8 Å². The normalized spacial score (nSPS) is 22.7. The summed E-state index contributed by atoms with van der Waals surface area (Å²) < 4.78 is 9.83. The number of aromatic nitrogens is 4. The number of carbonyl (C=O) groups excluding carboxylic acids is 1. The van der Waals surface area contributed by atoms with E-state index < -0.39 is 11.9 Å². The van der Waals surface area contributed by atoms with Crippen molar-refractivity contribution in [2.75, 3.05) is 43.5 Å². The van der Waals surface area contributed by atoms with E-state index in [2.05, 4.69) is 24.1 Å². The SMILES string of the molecule is Cc1c(-c2ccc(-c3ccc4c(c3)N(C(=O)Nc3nc5ccccc5s3)CCC4)nc2C(=O)O)cnn1CC1CC(C)CC2(C)CC(OCCN(C)CCC(=O)O)(C1)S2. The largest absolute Gasteiger partial charge is 0.481 e. The van der Waals surface area contributed by atoms with Crippen molar-refractivity contribution in [3.8, 4) is 22.4 Å². The van der Waals surface area contributed by atoms with Crippen LogP contribution in [0.25, 0.3) is 32.6 Å². The van der Waals surface area contributed by atoms with Crippen LogP contribution in [-0.4, -0.2) is 95.8 Å². The van der Waals surface area contributed by atoms with Gasteiger partial charge < -0.3 is 19.8 Å². The number of carboxylic acids is 2. The minimum Gasteiger partial charge on any atom is -0.481 e. The number of carboxylic acid groups (broad SMARTS) is 2. The van der Waals surface area contributed by atoms with Crippen molar-refractivity contribution in [1.29, 1.82) is 0 Å². The number of carbonyl (C=O) groups is 3. The maximum absolute atomic E-state index is 13.6. The number of thiazole rings is 1. The first-order valence-electron chi connectivity index (χ1n) is 20.4. The molecule has 1 aliphatic carbocycles. The summed E-state index contributed by atoms with van der Waals surface area (Å²) >= 11 is 3.38. The molecule has 5 aromatic rings. The zero-order valence-corrected chi connectivity index (χ0v) is 35.6. The molecule has 4 aliphatic rings. The topological polar surface area (TPSA) is 163 Å². The van der Waals surface area contributed by atoms with Crippen molar-refractivity contribution < 1.29 is 29.3 Å². The molecule has 9 rings (SSSR count). The number of hydrogen-bond acceptors (Lipinski definition) is 10. The van der Waals surface area contributed by atoms with Gasteiger partial charge in [0.1, 0.15) is 4.93 Å². The lowest BCUT2D eigenvalue weighted by atomic mass is 9.78. The number of thioether (sulfide) groups is 1. The molecule has 15 heteroatoms. The van der Waals surface area contributed by atoms with E-state index in [1.807, 2.05) is 89.9 Å². The number of anilines is 2. The first kappa shape index (κ1) is 40.9. The molecule has 3 aliphatic heterocycles. The number of hydrogen-bond donors (Lipinski definition) is 3. The second kappa shape index (κ2) is 16.7. The zero-order valence-electron chi connectivity index (χ0n) is 33.9. The molecule has 1 saturated carbocycles. The maximum atomic E-state index is 13.6. The van der Waals surface area contributed by atoms with E-state index in [4.69, 9.17) is 19.9 Å². The molecule has 2 bridgehead atoms. The number of nitrogens with zero attached hydrogens (tertiary/aromatic N) is 6. The van der Waals surface area contributed by atoms with Crippen molar-refractivity contribution in [3.63, 3.8) is 0 Å². The van der Waals surface area contributed by atoms with Gasteiger partial charge in [-0.15, -0.1) is 11.8 Å². The molecule has 310 valence electrons. The number of fused-ring (bicyclic) bond motifs is 6. The fourth-order valence-electron chi connectivity index (χ4n) is 9.38. The third kappa shape index (κ3) is 8.89. The Morgan fingerprint density at radius 2 is 1.86 bits per heavy atom. The van der Waals surface area contributed by atoms with E-state index in [-0.39, 0.29) is 27.8 Å². The monoisotopic (exact) mass is 837 g/mol. The van der Waals surface area contributed by atoms with Crippen LogP contribution in [0.2, 0.25) is 0 Å². The van der Waals surface area contributed by atoms with E-state index in [9.17, 15) is 19.5 Å². The van der Waals surface area contributed by atoms with Crippen LogP contribution in [0.1, 0.15) is 74.1 Å². The Bertz CT molecular complexity index is 2360. The van der Waals surface area contributed by atoms with Gasteiger partial charge in [0.05, 0.1) is 35.1 Å². The lowest BCUT2D eigenvalue weighted by Crippen LogP contribution is -2.54. The summed E-state index contributed by atoms with van der Waals surface area (Å²) in [6.07, 6.45) is 7.52. The second-order valence-corrected chi connectivity index (χ2v) is 19.8. The number of aromatic carboxylic acids is 1. The van der Waals surface area contributed by atoms with Crippen LogP contribution in [0.15, 0.2) is 60.8 Å². The Kier molecular flexibility index (Phi) is 11.6. The van der Waals surface area contributed by atoms with Crippen molar-refractivity contribution >= 4 is 62.1 Å². The molecule has 4 atom stereocenters. The molecule has 2 saturated heterocycles. The van der Waals surface area contributed by atoms with Gasteiger partial charge >= 0.3 is 18.0 Å². The molecule has 0 radical (unpaired) electrons. The predicted molar refractivity (Wildman–Crippen MR) is 232 cm³/mol. The summed E-state index contributed by atoms with van der Waals surface area (Å²) in [4.78, 5) is 50.2. The number of aryl methyl sites for hydroxylation is 1. The summed E-state index contributed by atoms with van der Waals surface area (Å²) in [7, 11) is 1.93. The third-order valence-corrected chi connectivity index (χ3v) is 14.5. The Labute approximate surface area is 352 Å². The van der Waals surface area contributed by atoms with Gasteiger partial charge in [-0.2, -0.15) is 5.10 Å². The maximum Gasteiger partial charge on any atom is 0.355 e. The molecule has 3 N–H and O–H groups in total. The minimum atomic E-state index is -1.13. The van der Waals surface area contributed by atoms with Gasteiger partial charge in [-0.1, -0.05) is 49.4 Å². The number of likely N-dealkylation sites (N-methyl/N-ethyl adjacent to an activating group) is 1. The quantitative estimate of drug-likeness (QED) is 0.104. The van der Waals surface area contributed by atoms with Gasteiger partial charge in [-0.25, -0.2) is 19.6 Å². The number of aliphatic carboxylic acids is 1. The van der Waals surface area contributed by atoms with Crippen molar-refractivity contribution in [2.24, 2.45) is 11.8 Å². The van der Waals surface area contributed by atoms with Crippen LogP contribution in [0.3, 0.4) is 0 Å². The van der Waals surface area contributed by atoms with Gasteiger partial charge in [0, 0.05) is 65.4 Å². The highest BCUT2D eigenvalue weighted by Crippen LogP contribution is 2.63. The van der Waals surface area contributed by atoms with Crippen LogP contribution >= 0.6 is 23.1 Å². The summed E-state index contributed by atoms with van der Waals surface area (Å²) in [5, 5.41) is 27.9. The fraction of sp³-hybridized carbons (Fsp3) is 0.455. The zero-order chi connectivity index (χ0) is 41.5. The minimum absolute atomic E-state index is 0.0567. The molecule has 13 nitrogen and oxygen atoms in total. The number of amides is 2. The number of nitrogens with one attached hydrogen (secondary N) is 1. The molecule has 2 amide bonds. The summed E-state index contributed by atoms with van der Waals surface area (Å²) in [6, 6.07) is 17.0. The fourth-order valence-corrected chi connectivity index (χ4v) is 12.4. The third-order valence-electron chi connectivity index (χ3n) is 11.9. The van der Waals surface area contributed by atoms with E-state index in [0.717, 1.165) is 76.8 Å². The molecule has 4 unspecified atom stereocenters. The number of para-hydroxylation sites is 1. The molecular formula is C44H51N7O6S2. The number of benzene rings is 2. The van der Waals surface area contributed by atoms with Crippen molar-refractivity contribution in [1.82, 2.24) is 24.6 Å². The van der Waals surface area contributed by atoms with Gasteiger partial charge in [0.25, 0.3) is 0 Å². The summed E-state index contributed by atoms with van der Waals surface area (Å²) in [5.41, 5.74) is 5.92. The standard InChI is InChI=1S/C44H51N7O6S2/c1-27-20-29(23-44(26-43(3,22-27)59-44)57-19-18-49(4)17-15-38(52)53)25-51-28(2)33(24-45-51)32-13-14-34(46-39(32)40(54)55)31-12-11-30-8-7-16-50(36(30)21-31)42(56)48-41-47-35-9-5-6-10-37(35)58-41/h5-6,9-14,21,24,27,29H,7-8,15-20,22-23,25-26H2,1-4H3,(H,52,53)(H,54,55)(H,47,48,56). The Morgan fingerprint density at radius 3 is 2.64 bits per heavy atom. The average molecular weight is 838 g/mol. The molecule has 3 aromatic heterocycles. The number of rotatable bonds is 13. The van der Waals surface area contributed by atoms with Crippen LogP contribution < -0.4 is 10.2 Å². The van der Waals surface area contributed by atoms with Crippen molar-refractivity contribution in [2.45, 2.75) is 81.9 Å². The Hall–Kier alpha value is -4.83. The number of urea groups is 1. The Morgan fingerprint density at radius 1 is 1.05 bits per heavy atom. The predicted octanol–water partition coefficient (Wildman–Crippen LogP) is 8.66. The molecule has 59 heavy (non-hydrogen) atoms. The van der Waals surface area contributed by atoms with Gasteiger partial charge in [-0.05, 0) is 93.8 Å². The molecule has 2 aromatic carbocycles. The first-order valence-corrected chi connectivity index (χ1v) is 22.0. The molecule has 3 fully saturated rings. The van der Waals surface area contributed by atoms with Crippen LogP contribution in [-0.2, 0) is 22.5 Å². The van der Waals surface area contributed by atoms with Gasteiger partial charge in [0.2, 0.25) is 0 Å². The highest BCUT2D eigenvalue weighted by molar-refractivity contribution is 8.03. The molecule has 6 heterocycles. The summed E-state index contributed by atoms with van der Waals surface area (Å²) in [6.45, 7) is 9.57. The van der Waals surface area contributed by atoms with E-state index in [1.54, 1.807) is 11.1 Å². The highest BCUT2D eigenvalue weighted by Gasteiger charge is 2.56. The lowest BCUT2D eigenvalue weighted by Gasteiger charge is -2.57. The van der Waals surface area contributed by atoms with Gasteiger partial charge in [0.15, 0.2) is 10.8 Å².